The first-order chi connectivity index (χ1) is 11.6. The molecule has 0 unspecified atom stereocenters. The molecule has 0 atom stereocenters. The number of carbonyl (C=O) groups excluding carboxylic acids is 2. The van der Waals surface area contributed by atoms with Gasteiger partial charge in [-0.2, -0.15) is 0 Å². The van der Waals surface area contributed by atoms with Crippen LogP contribution in [0.3, 0.4) is 0 Å². The number of rotatable bonds is 7. The van der Waals surface area contributed by atoms with Crippen LogP contribution in [0.25, 0.3) is 0 Å². The van der Waals surface area contributed by atoms with Crippen molar-refractivity contribution in [2.45, 2.75) is 6.54 Å². The first kappa shape index (κ1) is 17.6. The quantitative estimate of drug-likeness (QED) is 0.764. The lowest BCUT2D eigenvalue weighted by Gasteiger charge is -2.08. The van der Waals surface area contributed by atoms with Gasteiger partial charge in [-0.1, -0.05) is 18.2 Å². The van der Waals surface area contributed by atoms with Crippen molar-refractivity contribution in [2.24, 2.45) is 0 Å². The van der Waals surface area contributed by atoms with E-state index in [0.717, 1.165) is 5.56 Å². The number of halogens is 1. The summed E-state index contributed by atoms with van der Waals surface area (Å²) in [5, 5.41) is 5.44. The summed E-state index contributed by atoms with van der Waals surface area (Å²) >= 11 is 0. The summed E-state index contributed by atoms with van der Waals surface area (Å²) in [6, 6.07) is 12.3. The van der Waals surface area contributed by atoms with Crippen LogP contribution in [0.5, 0.6) is 0 Å². The average Bonchev–Trinajstić information content (AvgIpc) is 2.61. The van der Waals surface area contributed by atoms with Crippen molar-refractivity contribution in [1.82, 2.24) is 10.6 Å². The maximum atomic E-state index is 12.8. The minimum atomic E-state index is -0.322. The van der Waals surface area contributed by atoms with E-state index in [0.29, 0.717) is 24.3 Å². The largest absolute Gasteiger partial charge is 0.383 e. The molecule has 24 heavy (non-hydrogen) atoms. The van der Waals surface area contributed by atoms with Gasteiger partial charge in [0, 0.05) is 31.3 Å². The first-order valence-electron chi connectivity index (χ1n) is 7.50. The zero-order valence-corrected chi connectivity index (χ0v) is 13.3. The molecule has 0 aromatic heterocycles. The molecule has 2 aromatic carbocycles. The van der Waals surface area contributed by atoms with Crippen molar-refractivity contribution < 1.29 is 18.7 Å². The van der Waals surface area contributed by atoms with Gasteiger partial charge in [-0.05, 0) is 35.9 Å². The van der Waals surface area contributed by atoms with Gasteiger partial charge in [-0.15, -0.1) is 0 Å². The third kappa shape index (κ3) is 5.17. The Hall–Kier alpha value is -2.73. The molecule has 6 heteroatoms. The van der Waals surface area contributed by atoms with Gasteiger partial charge in [0.05, 0.1) is 6.61 Å². The van der Waals surface area contributed by atoms with E-state index in [-0.39, 0.29) is 24.2 Å². The number of hydrogen-bond acceptors (Lipinski definition) is 3. The van der Waals surface area contributed by atoms with Crippen LogP contribution in [-0.4, -0.2) is 32.1 Å². The smallest absolute Gasteiger partial charge is 0.251 e. The number of carbonyl (C=O) groups is 2. The molecule has 2 amide bonds. The number of methoxy groups -OCH3 is 1. The number of nitrogens with one attached hydrogen (secondary N) is 2. The van der Waals surface area contributed by atoms with Crippen molar-refractivity contribution in [3.05, 3.63) is 71.0 Å². The molecular weight excluding hydrogens is 311 g/mol. The molecule has 0 spiro atoms. The summed E-state index contributed by atoms with van der Waals surface area (Å²) in [5.41, 5.74) is 1.58. The van der Waals surface area contributed by atoms with Crippen molar-refractivity contribution in [2.75, 3.05) is 20.3 Å². The molecule has 2 N–H and O–H groups in total. The maximum Gasteiger partial charge on any atom is 0.251 e. The summed E-state index contributed by atoms with van der Waals surface area (Å²) in [6.45, 7) is 1.10. The van der Waals surface area contributed by atoms with Crippen LogP contribution >= 0.6 is 0 Å². The monoisotopic (exact) mass is 330 g/mol. The fraction of sp³-hybridized carbons (Fsp3) is 0.222. The van der Waals surface area contributed by atoms with Crippen LogP contribution < -0.4 is 10.6 Å². The zero-order chi connectivity index (χ0) is 17.4. The lowest BCUT2D eigenvalue weighted by atomic mass is 10.1. The highest BCUT2D eigenvalue weighted by Gasteiger charge is 2.10. The number of hydrogen-bond donors (Lipinski definition) is 2. The van der Waals surface area contributed by atoms with Gasteiger partial charge in [0.15, 0.2) is 0 Å². The molecule has 0 saturated carbocycles. The number of benzene rings is 2. The Morgan fingerprint density at radius 1 is 1.00 bits per heavy atom. The molecule has 0 bridgehead atoms. The van der Waals surface area contributed by atoms with E-state index >= 15 is 0 Å². The number of ether oxygens (including phenoxy) is 1. The van der Waals surface area contributed by atoms with Crippen LogP contribution in [0.4, 0.5) is 4.39 Å². The Kier molecular flexibility index (Phi) is 6.45. The lowest BCUT2D eigenvalue weighted by molar-refractivity contribution is 0.0937. The lowest BCUT2D eigenvalue weighted by Crippen LogP contribution is -2.27. The molecule has 2 aromatic rings. The predicted molar refractivity (Wildman–Crippen MR) is 88.2 cm³/mol. The van der Waals surface area contributed by atoms with Crippen LogP contribution in [0, 0.1) is 5.82 Å². The van der Waals surface area contributed by atoms with Crippen molar-refractivity contribution in [3.63, 3.8) is 0 Å². The molecule has 0 aliphatic rings. The summed E-state index contributed by atoms with van der Waals surface area (Å²) in [6.07, 6.45) is 0. The Balaban J connectivity index is 1.95. The Labute approximate surface area is 139 Å². The van der Waals surface area contributed by atoms with E-state index in [9.17, 15) is 14.0 Å². The average molecular weight is 330 g/mol. The Morgan fingerprint density at radius 2 is 1.62 bits per heavy atom. The topological polar surface area (TPSA) is 67.4 Å². The molecule has 0 heterocycles. The summed E-state index contributed by atoms with van der Waals surface area (Å²) in [5.74, 6) is -0.886. The van der Waals surface area contributed by atoms with Gasteiger partial charge in [0.25, 0.3) is 11.8 Å². The van der Waals surface area contributed by atoms with Crippen LogP contribution in [0.15, 0.2) is 48.5 Å². The van der Waals surface area contributed by atoms with Crippen LogP contribution in [0.2, 0.25) is 0 Å². The molecular formula is C18H19FN2O3. The molecule has 126 valence electrons. The second-order valence-corrected chi connectivity index (χ2v) is 5.14. The third-order valence-electron chi connectivity index (χ3n) is 3.35. The minimum absolute atomic E-state index is 0.264. The van der Waals surface area contributed by atoms with Gasteiger partial charge in [-0.25, -0.2) is 4.39 Å². The number of amides is 2. The van der Waals surface area contributed by atoms with Gasteiger partial charge in [-0.3, -0.25) is 9.59 Å². The highest BCUT2D eigenvalue weighted by Crippen LogP contribution is 2.07. The van der Waals surface area contributed by atoms with Gasteiger partial charge in [0.2, 0.25) is 0 Å². The van der Waals surface area contributed by atoms with Gasteiger partial charge >= 0.3 is 0 Å². The SMILES string of the molecule is COCCNC(=O)c1cccc(C(=O)NCc2ccc(F)cc2)c1. The fourth-order valence-corrected chi connectivity index (χ4v) is 2.06. The normalized spacial score (nSPS) is 10.2. The molecule has 0 radical (unpaired) electrons. The van der Waals surface area contributed by atoms with Crippen molar-refractivity contribution in [3.8, 4) is 0 Å². The van der Waals surface area contributed by atoms with E-state index in [4.69, 9.17) is 4.74 Å². The van der Waals surface area contributed by atoms with E-state index in [1.54, 1.807) is 37.4 Å². The van der Waals surface area contributed by atoms with Gasteiger partial charge < -0.3 is 15.4 Å². The second-order valence-electron chi connectivity index (χ2n) is 5.14. The summed E-state index contributed by atoms with van der Waals surface area (Å²) < 4.78 is 17.7. The van der Waals surface area contributed by atoms with E-state index in [2.05, 4.69) is 10.6 Å². The molecule has 0 saturated heterocycles. The zero-order valence-electron chi connectivity index (χ0n) is 13.3. The van der Waals surface area contributed by atoms with Gasteiger partial charge in [0.1, 0.15) is 5.82 Å². The minimum Gasteiger partial charge on any atom is -0.383 e. The predicted octanol–water partition coefficient (Wildman–Crippen LogP) is 2.13. The first-order valence-corrected chi connectivity index (χ1v) is 7.50. The van der Waals surface area contributed by atoms with Crippen molar-refractivity contribution in [1.29, 1.82) is 0 Å². The van der Waals surface area contributed by atoms with E-state index < -0.39 is 0 Å². The molecule has 0 fully saturated rings. The van der Waals surface area contributed by atoms with Crippen LogP contribution in [0.1, 0.15) is 26.3 Å². The summed E-state index contributed by atoms with van der Waals surface area (Å²) in [4.78, 5) is 24.2. The third-order valence-corrected chi connectivity index (χ3v) is 3.35. The Morgan fingerprint density at radius 3 is 2.25 bits per heavy atom. The van der Waals surface area contributed by atoms with E-state index in [1.165, 1.54) is 18.2 Å². The second kappa shape index (κ2) is 8.79. The van der Waals surface area contributed by atoms with Crippen molar-refractivity contribution >= 4 is 11.8 Å². The maximum absolute atomic E-state index is 12.8. The van der Waals surface area contributed by atoms with E-state index in [1.807, 2.05) is 0 Å². The molecule has 0 aliphatic carbocycles. The Bertz CT molecular complexity index is 702. The highest BCUT2D eigenvalue weighted by atomic mass is 19.1. The van der Waals surface area contributed by atoms with Crippen LogP contribution in [-0.2, 0) is 11.3 Å². The highest BCUT2D eigenvalue weighted by molar-refractivity contribution is 5.99. The molecule has 5 nitrogen and oxygen atoms in total. The fourth-order valence-electron chi connectivity index (χ4n) is 2.06. The standard InChI is InChI=1S/C18H19FN2O3/c1-24-10-9-20-17(22)14-3-2-4-15(11-14)18(23)21-12-13-5-7-16(19)8-6-13/h2-8,11H,9-10,12H2,1H3,(H,20,22)(H,21,23). The molecule has 0 aliphatic heterocycles. The molecule has 2 rings (SSSR count). The summed E-state index contributed by atoms with van der Waals surface area (Å²) in [7, 11) is 1.55.